The molecule has 0 aliphatic carbocycles. The van der Waals surface area contributed by atoms with E-state index < -0.39 is 0 Å². The molecule has 186 valence electrons. The van der Waals surface area contributed by atoms with Gasteiger partial charge in [0.25, 0.3) is 0 Å². The van der Waals surface area contributed by atoms with Crippen LogP contribution in [-0.4, -0.2) is 9.13 Å². The maximum atomic E-state index is 4.40. The molecule has 2 nitrogen and oxygen atoms in total. The number of hydrogen-bond acceptors (Lipinski definition) is 0. The van der Waals surface area contributed by atoms with Crippen molar-refractivity contribution in [3.05, 3.63) is 152 Å². The van der Waals surface area contributed by atoms with Crippen LogP contribution in [0.5, 0.6) is 0 Å². The first-order valence-corrected chi connectivity index (χ1v) is 13.3. The fraction of sp³-hybridized carbons (Fsp3) is 0.0270. The van der Waals surface area contributed by atoms with Crippen LogP contribution >= 0.6 is 0 Å². The van der Waals surface area contributed by atoms with Crippen LogP contribution in [0.25, 0.3) is 60.6 Å². The average molecular weight is 501 g/mol. The molecule has 0 aliphatic rings. The molecule has 0 saturated carbocycles. The van der Waals surface area contributed by atoms with Gasteiger partial charge in [-0.2, -0.15) is 0 Å². The Labute approximate surface area is 228 Å². The topological polar surface area (TPSA) is 9.86 Å². The summed E-state index contributed by atoms with van der Waals surface area (Å²) in [4.78, 5) is 0. The van der Waals surface area contributed by atoms with Gasteiger partial charge in [-0.15, -0.1) is 0 Å². The van der Waals surface area contributed by atoms with Crippen LogP contribution in [0.1, 0.15) is 12.5 Å². The van der Waals surface area contributed by atoms with Gasteiger partial charge in [-0.1, -0.05) is 104 Å². The molecule has 2 heterocycles. The summed E-state index contributed by atoms with van der Waals surface area (Å²) in [7, 11) is 0. The Morgan fingerprint density at radius 3 is 1.51 bits per heavy atom. The van der Waals surface area contributed by atoms with Crippen molar-refractivity contribution in [1.82, 2.24) is 9.13 Å². The Balaban J connectivity index is 1.19. The van der Waals surface area contributed by atoms with Gasteiger partial charge in [0.15, 0.2) is 0 Å². The molecule has 0 aliphatic heterocycles. The highest BCUT2D eigenvalue weighted by Gasteiger charge is 2.12. The molecule has 7 aromatic rings. The van der Waals surface area contributed by atoms with Gasteiger partial charge in [0.05, 0.1) is 22.1 Å². The molecule has 2 aromatic heterocycles. The number of fused-ring (bicyclic) bond motifs is 6. The average Bonchev–Trinajstić information content (AvgIpc) is 3.50. The van der Waals surface area contributed by atoms with Crippen molar-refractivity contribution in [3.63, 3.8) is 0 Å². The third-order valence-electron chi connectivity index (χ3n) is 7.66. The summed E-state index contributed by atoms with van der Waals surface area (Å²) in [6.07, 6.45) is 6.35. The van der Waals surface area contributed by atoms with Gasteiger partial charge in [0.1, 0.15) is 0 Å². The molecule has 0 amide bonds. The van der Waals surface area contributed by atoms with Gasteiger partial charge >= 0.3 is 0 Å². The van der Waals surface area contributed by atoms with Gasteiger partial charge < -0.3 is 9.13 Å². The summed E-state index contributed by atoms with van der Waals surface area (Å²) >= 11 is 0. The van der Waals surface area contributed by atoms with E-state index in [1.54, 1.807) is 0 Å². The van der Waals surface area contributed by atoms with Gasteiger partial charge in [0, 0.05) is 32.9 Å². The molecule has 0 radical (unpaired) electrons. The highest BCUT2D eigenvalue weighted by atomic mass is 15.0. The maximum absolute atomic E-state index is 4.40. The summed E-state index contributed by atoms with van der Waals surface area (Å²) in [5.74, 6) is 0. The highest BCUT2D eigenvalue weighted by Crippen LogP contribution is 2.33. The summed E-state index contributed by atoms with van der Waals surface area (Å²) in [5.41, 5.74) is 9.32. The van der Waals surface area contributed by atoms with Crippen LogP contribution in [0, 0.1) is 0 Å². The number of nitrogens with zero attached hydrogens (tertiary/aromatic N) is 2. The van der Waals surface area contributed by atoms with Gasteiger partial charge in [-0.3, -0.25) is 0 Å². The van der Waals surface area contributed by atoms with Crippen molar-refractivity contribution in [2.24, 2.45) is 0 Å². The molecule has 2 heteroatoms. The molecule has 0 unspecified atom stereocenters. The minimum Gasteiger partial charge on any atom is -0.310 e. The third-order valence-corrected chi connectivity index (χ3v) is 7.66. The number of para-hydroxylation sites is 4. The van der Waals surface area contributed by atoms with Gasteiger partial charge in [-0.05, 0) is 60.5 Å². The van der Waals surface area contributed by atoms with Gasteiger partial charge in [-0.25, -0.2) is 0 Å². The zero-order chi connectivity index (χ0) is 26.3. The molecular weight excluding hydrogens is 472 g/mol. The van der Waals surface area contributed by atoms with E-state index >= 15 is 0 Å². The second kappa shape index (κ2) is 9.34. The smallest absolute Gasteiger partial charge is 0.0541 e. The molecule has 5 aromatic carbocycles. The van der Waals surface area contributed by atoms with Crippen LogP contribution in [0.15, 0.2) is 146 Å². The summed E-state index contributed by atoms with van der Waals surface area (Å²) in [6.45, 7) is 6.56. The predicted molar refractivity (Wildman–Crippen MR) is 168 cm³/mol. The van der Waals surface area contributed by atoms with E-state index in [1.807, 2.05) is 0 Å². The lowest BCUT2D eigenvalue weighted by atomic mass is 10.1. The van der Waals surface area contributed by atoms with E-state index in [2.05, 4.69) is 162 Å². The summed E-state index contributed by atoms with van der Waals surface area (Å²) < 4.78 is 4.59. The third kappa shape index (κ3) is 3.81. The Morgan fingerprint density at radius 1 is 0.564 bits per heavy atom. The molecule has 0 saturated heterocycles. The van der Waals surface area contributed by atoms with E-state index in [-0.39, 0.29) is 0 Å². The fourth-order valence-corrected chi connectivity index (χ4v) is 5.78. The summed E-state index contributed by atoms with van der Waals surface area (Å²) in [5, 5.41) is 5.05. The number of benzene rings is 5. The first-order valence-electron chi connectivity index (χ1n) is 13.3. The zero-order valence-corrected chi connectivity index (χ0v) is 21.9. The largest absolute Gasteiger partial charge is 0.310 e. The van der Waals surface area contributed by atoms with Gasteiger partial charge in [0.2, 0.25) is 0 Å². The van der Waals surface area contributed by atoms with Crippen molar-refractivity contribution in [2.45, 2.75) is 6.92 Å². The molecule has 39 heavy (non-hydrogen) atoms. The lowest BCUT2D eigenvalue weighted by Gasteiger charge is -2.09. The molecule has 0 fully saturated rings. The monoisotopic (exact) mass is 500 g/mol. The Hall–Kier alpha value is -5.08. The molecule has 0 N–H and O–H groups in total. The second-order valence-electron chi connectivity index (χ2n) is 9.99. The van der Waals surface area contributed by atoms with Crippen molar-refractivity contribution < 1.29 is 0 Å². The first kappa shape index (κ1) is 23.1. The summed E-state index contributed by atoms with van der Waals surface area (Å²) in [6, 6.07) is 43.1. The zero-order valence-electron chi connectivity index (χ0n) is 21.9. The lowest BCUT2D eigenvalue weighted by molar-refractivity contribution is 1.18. The molecule has 0 bridgehead atoms. The van der Waals surface area contributed by atoms with Crippen LogP contribution in [0.4, 0.5) is 0 Å². The quantitative estimate of drug-likeness (QED) is 0.208. The van der Waals surface area contributed by atoms with E-state index in [0.29, 0.717) is 0 Å². The van der Waals surface area contributed by atoms with Crippen LogP contribution in [-0.2, 0) is 0 Å². The van der Waals surface area contributed by atoms with Crippen molar-refractivity contribution in [1.29, 1.82) is 0 Å². The van der Waals surface area contributed by atoms with E-state index in [4.69, 9.17) is 0 Å². The van der Waals surface area contributed by atoms with Crippen LogP contribution < -0.4 is 0 Å². The number of aromatic nitrogens is 2. The van der Waals surface area contributed by atoms with Crippen molar-refractivity contribution >= 4 is 54.9 Å². The van der Waals surface area contributed by atoms with Crippen LogP contribution in [0.3, 0.4) is 0 Å². The standard InChI is InChI=1S/C37H28N2/c1-26(12-11-13-27(2)38-34-18-7-3-14-30(34)31-15-4-8-19-35(31)38)28-22-24-29(25-23-28)39-36-20-9-5-16-32(36)33-17-6-10-21-37(33)39/h3-25H,2H2,1H3/b13-11-,26-12+. The van der Waals surface area contributed by atoms with Crippen molar-refractivity contribution in [2.75, 3.05) is 0 Å². The number of rotatable bonds is 5. The molecular formula is C37H28N2. The SMILES string of the molecule is C=C(/C=C\C=C(/C)c1ccc(-n2c3ccccc3c3ccccc32)cc1)n1c2ccccc2c2ccccc21. The van der Waals surface area contributed by atoms with Crippen molar-refractivity contribution in [3.8, 4) is 5.69 Å². The lowest BCUT2D eigenvalue weighted by Crippen LogP contribution is -1.94. The highest BCUT2D eigenvalue weighted by molar-refractivity contribution is 6.10. The first-order chi connectivity index (χ1) is 19.2. The number of hydrogen-bond donors (Lipinski definition) is 0. The fourth-order valence-electron chi connectivity index (χ4n) is 5.78. The number of allylic oxidation sites excluding steroid dienone is 5. The molecule has 7 rings (SSSR count). The maximum Gasteiger partial charge on any atom is 0.0541 e. The van der Waals surface area contributed by atoms with E-state index in [9.17, 15) is 0 Å². The minimum atomic E-state index is 0.943. The van der Waals surface area contributed by atoms with E-state index in [0.717, 1.165) is 5.70 Å². The second-order valence-corrected chi connectivity index (χ2v) is 9.99. The minimum absolute atomic E-state index is 0.943. The predicted octanol–water partition coefficient (Wildman–Crippen LogP) is 10.0. The Bertz CT molecular complexity index is 1970. The Kier molecular flexibility index (Phi) is 5.53. The Morgan fingerprint density at radius 2 is 1.00 bits per heavy atom. The molecule has 0 spiro atoms. The van der Waals surface area contributed by atoms with Crippen LogP contribution in [0.2, 0.25) is 0 Å². The normalized spacial score (nSPS) is 12.4. The molecule has 0 atom stereocenters. The van der Waals surface area contributed by atoms with E-state index in [1.165, 1.54) is 60.4 Å².